The van der Waals surface area contributed by atoms with Crippen molar-refractivity contribution in [3.05, 3.63) is 29.3 Å². The van der Waals surface area contributed by atoms with Crippen LogP contribution >= 0.6 is 0 Å². The number of carbonyl (C=O) groups excluding carboxylic acids is 1. The number of amides is 1. The molecule has 2 aliphatic rings. The third-order valence-corrected chi connectivity index (χ3v) is 5.57. The van der Waals surface area contributed by atoms with Gasteiger partial charge in [0.2, 0.25) is 5.91 Å². The number of aryl methyl sites for hydroxylation is 1. The van der Waals surface area contributed by atoms with E-state index in [2.05, 4.69) is 30.4 Å². The van der Waals surface area contributed by atoms with Gasteiger partial charge in [-0.15, -0.1) is 0 Å². The maximum Gasteiger partial charge on any atom is 0.223 e. The van der Waals surface area contributed by atoms with Gasteiger partial charge in [0.1, 0.15) is 5.75 Å². The van der Waals surface area contributed by atoms with E-state index in [1.165, 1.54) is 17.5 Å². The Labute approximate surface area is 127 Å². The number of hydrogen-bond donors (Lipinski definition) is 1. The average molecular weight is 287 g/mol. The SMILES string of the molecule is CNC(=O)[C@H]1[C@@H]2CCc3ccc(OC)cc3[C@H]2CC[C@H]1C. The highest BCUT2D eigenvalue weighted by molar-refractivity contribution is 5.79. The number of ether oxygens (including phenoxy) is 1. The fourth-order valence-electron chi connectivity index (χ4n) is 4.49. The van der Waals surface area contributed by atoms with Crippen molar-refractivity contribution in [1.82, 2.24) is 5.32 Å². The van der Waals surface area contributed by atoms with Crippen LogP contribution < -0.4 is 10.1 Å². The van der Waals surface area contributed by atoms with Crippen molar-refractivity contribution in [1.29, 1.82) is 0 Å². The number of benzene rings is 1. The van der Waals surface area contributed by atoms with Crippen LogP contribution in [0.5, 0.6) is 5.75 Å². The maximum absolute atomic E-state index is 12.3. The summed E-state index contributed by atoms with van der Waals surface area (Å²) in [6, 6.07) is 6.46. The molecule has 1 fully saturated rings. The lowest BCUT2D eigenvalue weighted by Gasteiger charge is -2.44. The van der Waals surface area contributed by atoms with Gasteiger partial charge in [-0.3, -0.25) is 4.79 Å². The summed E-state index contributed by atoms with van der Waals surface area (Å²) in [6.45, 7) is 2.23. The quantitative estimate of drug-likeness (QED) is 0.907. The molecular formula is C18H25NO2. The highest BCUT2D eigenvalue weighted by Crippen LogP contribution is 2.50. The molecule has 1 aromatic rings. The number of rotatable bonds is 2. The van der Waals surface area contributed by atoms with E-state index in [-0.39, 0.29) is 11.8 Å². The van der Waals surface area contributed by atoms with Crippen LogP contribution in [0.4, 0.5) is 0 Å². The molecule has 0 saturated heterocycles. The Morgan fingerprint density at radius 2 is 2.10 bits per heavy atom. The topological polar surface area (TPSA) is 38.3 Å². The third kappa shape index (κ3) is 2.43. The molecule has 21 heavy (non-hydrogen) atoms. The molecule has 3 heteroatoms. The van der Waals surface area contributed by atoms with E-state index in [9.17, 15) is 4.79 Å². The standard InChI is InChI=1S/C18H25NO2/c1-11-4-8-14-15(17(11)18(20)19-2)9-6-12-5-7-13(21-3)10-16(12)14/h5,7,10-11,14-15,17H,4,6,8-9H2,1-3H3,(H,19,20)/t11-,14+,15-,17-/m1/s1. The summed E-state index contributed by atoms with van der Waals surface area (Å²) >= 11 is 0. The number of carbonyl (C=O) groups is 1. The Morgan fingerprint density at radius 3 is 2.81 bits per heavy atom. The van der Waals surface area contributed by atoms with Crippen LogP contribution in [-0.4, -0.2) is 20.1 Å². The molecule has 1 saturated carbocycles. The molecule has 2 aliphatic carbocycles. The van der Waals surface area contributed by atoms with Crippen LogP contribution in [0.3, 0.4) is 0 Å². The van der Waals surface area contributed by atoms with Crippen LogP contribution in [0.15, 0.2) is 18.2 Å². The van der Waals surface area contributed by atoms with Crippen LogP contribution in [0, 0.1) is 17.8 Å². The van der Waals surface area contributed by atoms with E-state index in [0.717, 1.165) is 25.0 Å². The van der Waals surface area contributed by atoms with Gasteiger partial charge in [0, 0.05) is 13.0 Å². The molecule has 4 atom stereocenters. The largest absolute Gasteiger partial charge is 0.497 e. The molecule has 0 aliphatic heterocycles. The highest BCUT2D eigenvalue weighted by Gasteiger charge is 2.43. The van der Waals surface area contributed by atoms with Gasteiger partial charge in [-0.1, -0.05) is 13.0 Å². The van der Waals surface area contributed by atoms with Crippen molar-refractivity contribution in [2.24, 2.45) is 17.8 Å². The van der Waals surface area contributed by atoms with E-state index < -0.39 is 0 Å². The first kappa shape index (κ1) is 14.4. The van der Waals surface area contributed by atoms with Gasteiger partial charge < -0.3 is 10.1 Å². The zero-order valence-electron chi connectivity index (χ0n) is 13.2. The summed E-state index contributed by atoms with van der Waals surface area (Å²) in [5.74, 6) is 2.80. The minimum Gasteiger partial charge on any atom is -0.497 e. The molecule has 0 bridgehead atoms. The van der Waals surface area contributed by atoms with E-state index in [1.807, 2.05) is 0 Å². The third-order valence-electron chi connectivity index (χ3n) is 5.57. The van der Waals surface area contributed by atoms with Gasteiger partial charge in [-0.25, -0.2) is 0 Å². The fraction of sp³-hybridized carbons (Fsp3) is 0.611. The second kappa shape index (κ2) is 5.70. The molecule has 0 spiro atoms. The molecule has 3 rings (SSSR count). The van der Waals surface area contributed by atoms with Gasteiger partial charge in [0.05, 0.1) is 7.11 Å². The molecule has 1 amide bonds. The number of fused-ring (bicyclic) bond motifs is 3. The lowest BCUT2D eigenvalue weighted by Crippen LogP contribution is -2.43. The Kier molecular flexibility index (Phi) is 3.92. The normalized spacial score (nSPS) is 31.0. The smallest absolute Gasteiger partial charge is 0.223 e. The van der Waals surface area contributed by atoms with E-state index in [0.29, 0.717) is 17.8 Å². The zero-order chi connectivity index (χ0) is 15.0. The molecular weight excluding hydrogens is 262 g/mol. The summed E-state index contributed by atoms with van der Waals surface area (Å²) in [4.78, 5) is 12.3. The average Bonchev–Trinajstić information content (AvgIpc) is 2.53. The molecule has 0 radical (unpaired) electrons. The highest BCUT2D eigenvalue weighted by atomic mass is 16.5. The minimum atomic E-state index is 0.160. The van der Waals surface area contributed by atoms with Crippen molar-refractivity contribution in [3.8, 4) is 5.75 Å². The predicted molar refractivity (Wildman–Crippen MR) is 83.5 cm³/mol. The van der Waals surface area contributed by atoms with Crippen molar-refractivity contribution in [2.45, 2.75) is 38.5 Å². The number of hydrogen-bond acceptors (Lipinski definition) is 2. The Bertz CT molecular complexity index is 540. The summed E-state index contributed by atoms with van der Waals surface area (Å²) in [6.07, 6.45) is 4.54. The lowest BCUT2D eigenvalue weighted by atomic mass is 9.60. The first-order valence-corrected chi connectivity index (χ1v) is 8.04. The lowest BCUT2D eigenvalue weighted by molar-refractivity contribution is -0.130. The van der Waals surface area contributed by atoms with Crippen molar-refractivity contribution >= 4 is 5.91 Å². The second-order valence-electron chi connectivity index (χ2n) is 6.57. The van der Waals surface area contributed by atoms with Gasteiger partial charge in [-0.2, -0.15) is 0 Å². The Balaban J connectivity index is 1.96. The van der Waals surface area contributed by atoms with Crippen LogP contribution in [-0.2, 0) is 11.2 Å². The van der Waals surface area contributed by atoms with Crippen LogP contribution in [0.2, 0.25) is 0 Å². The first-order valence-electron chi connectivity index (χ1n) is 8.04. The van der Waals surface area contributed by atoms with Gasteiger partial charge in [0.15, 0.2) is 0 Å². The van der Waals surface area contributed by atoms with Crippen LogP contribution in [0.1, 0.15) is 43.2 Å². The summed E-state index contributed by atoms with van der Waals surface area (Å²) in [7, 11) is 3.48. The molecule has 114 valence electrons. The molecule has 0 heterocycles. The van der Waals surface area contributed by atoms with Crippen molar-refractivity contribution < 1.29 is 9.53 Å². The first-order chi connectivity index (χ1) is 10.2. The van der Waals surface area contributed by atoms with E-state index in [4.69, 9.17) is 4.74 Å². The van der Waals surface area contributed by atoms with Crippen molar-refractivity contribution in [2.75, 3.05) is 14.2 Å². The summed E-state index contributed by atoms with van der Waals surface area (Å²) in [5.41, 5.74) is 2.87. The molecule has 1 N–H and O–H groups in total. The minimum absolute atomic E-state index is 0.160. The monoisotopic (exact) mass is 287 g/mol. The second-order valence-corrected chi connectivity index (χ2v) is 6.57. The molecule has 0 unspecified atom stereocenters. The molecule has 3 nitrogen and oxygen atoms in total. The summed E-state index contributed by atoms with van der Waals surface area (Å²) in [5, 5.41) is 2.88. The maximum atomic E-state index is 12.3. The predicted octanol–water partition coefficient (Wildman–Crippen LogP) is 3.13. The van der Waals surface area contributed by atoms with Gasteiger partial charge >= 0.3 is 0 Å². The summed E-state index contributed by atoms with van der Waals surface area (Å²) < 4.78 is 5.40. The molecule has 0 aromatic heterocycles. The Hall–Kier alpha value is -1.51. The zero-order valence-corrected chi connectivity index (χ0v) is 13.2. The van der Waals surface area contributed by atoms with Crippen LogP contribution in [0.25, 0.3) is 0 Å². The van der Waals surface area contributed by atoms with E-state index in [1.54, 1.807) is 14.2 Å². The molecule has 1 aromatic carbocycles. The fourth-order valence-corrected chi connectivity index (χ4v) is 4.49. The number of nitrogens with one attached hydrogen (secondary N) is 1. The van der Waals surface area contributed by atoms with Crippen molar-refractivity contribution in [3.63, 3.8) is 0 Å². The van der Waals surface area contributed by atoms with Gasteiger partial charge in [-0.05, 0) is 66.7 Å². The number of methoxy groups -OCH3 is 1. The van der Waals surface area contributed by atoms with Gasteiger partial charge in [0.25, 0.3) is 0 Å². The van der Waals surface area contributed by atoms with E-state index >= 15 is 0 Å². The Morgan fingerprint density at radius 1 is 1.29 bits per heavy atom.